The predicted octanol–water partition coefficient (Wildman–Crippen LogP) is 3.61. The molecule has 0 aliphatic carbocycles. The Kier molecular flexibility index (Phi) is 8.65. The van der Waals surface area contributed by atoms with Crippen molar-refractivity contribution in [2.45, 2.75) is 46.0 Å². The fourth-order valence-corrected chi connectivity index (χ4v) is 3.27. The normalized spacial score (nSPS) is 10.6. The number of aromatic nitrogens is 1. The van der Waals surface area contributed by atoms with E-state index < -0.39 is 0 Å². The molecule has 29 heavy (non-hydrogen) atoms. The molecule has 2 rings (SSSR count). The van der Waals surface area contributed by atoms with E-state index >= 15 is 0 Å². The molecule has 0 unspecified atom stereocenters. The van der Waals surface area contributed by atoms with Gasteiger partial charge in [-0.05, 0) is 37.3 Å². The van der Waals surface area contributed by atoms with Gasteiger partial charge in [-0.3, -0.25) is 14.4 Å². The zero-order valence-corrected chi connectivity index (χ0v) is 17.6. The molecular weight excluding hydrogens is 366 g/mol. The fraction of sp³-hybridized carbons (Fsp3) is 0.435. The number of hydrogen-bond acceptors (Lipinski definition) is 3. The van der Waals surface area contributed by atoms with Crippen LogP contribution in [0.2, 0.25) is 0 Å². The van der Waals surface area contributed by atoms with Gasteiger partial charge in [-0.2, -0.15) is 0 Å². The number of anilines is 1. The van der Waals surface area contributed by atoms with Crippen molar-refractivity contribution >= 4 is 17.5 Å². The maximum atomic E-state index is 12.9. The highest BCUT2D eigenvalue weighted by Gasteiger charge is 2.17. The van der Waals surface area contributed by atoms with Crippen LogP contribution in [0.4, 0.5) is 5.69 Å². The minimum atomic E-state index is -0.324. The van der Waals surface area contributed by atoms with E-state index in [0.717, 1.165) is 19.3 Å². The Balaban J connectivity index is 2.06. The van der Waals surface area contributed by atoms with Crippen molar-refractivity contribution in [1.82, 2.24) is 9.47 Å². The van der Waals surface area contributed by atoms with Gasteiger partial charge in [0.25, 0.3) is 11.5 Å². The van der Waals surface area contributed by atoms with Crippen LogP contribution in [-0.4, -0.2) is 34.4 Å². The number of nitrogens with one attached hydrogen (secondary N) is 1. The highest BCUT2D eigenvalue weighted by Crippen LogP contribution is 2.11. The smallest absolute Gasteiger partial charge is 0.274 e. The first-order valence-electron chi connectivity index (χ1n) is 10.3. The molecule has 0 fully saturated rings. The lowest BCUT2D eigenvalue weighted by Crippen LogP contribution is -2.34. The van der Waals surface area contributed by atoms with Gasteiger partial charge in [0, 0.05) is 32.8 Å². The molecule has 1 N–H and O–H groups in total. The van der Waals surface area contributed by atoms with Crippen LogP contribution < -0.4 is 10.9 Å². The van der Waals surface area contributed by atoms with E-state index in [9.17, 15) is 14.4 Å². The molecule has 2 amide bonds. The topological polar surface area (TPSA) is 71.4 Å². The van der Waals surface area contributed by atoms with Crippen LogP contribution in [-0.2, 0) is 18.3 Å². The van der Waals surface area contributed by atoms with Crippen molar-refractivity contribution in [2.75, 3.05) is 18.4 Å². The van der Waals surface area contributed by atoms with Gasteiger partial charge in [-0.25, -0.2) is 0 Å². The van der Waals surface area contributed by atoms with E-state index in [1.807, 2.05) is 44.2 Å². The summed E-state index contributed by atoms with van der Waals surface area (Å²) in [6, 6.07) is 11.5. The third-order valence-corrected chi connectivity index (χ3v) is 4.69. The first-order chi connectivity index (χ1) is 14.0. The molecule has 0 spiro atoms. The van der Waals surface area contributed by atoms with Crippen molar-refractivity contribution in [3.63, 3.8) is 0 Å². The monoisotopic (exact) mass is 397 g/mol. The molecule has 0 saturated carbocycles. The van der Waals surface area contributed by atoms with E-state index in [4.69, 9.17) is 0 Å². The fourth-order valence-electron chi connectivity index (χ4n) is 3.27. The van der Waals surface area contributed by atoms with Crippen molar-refractivity contribution < 1.29 is 9.59 Å². The zero-order chi connectivity index (χ0) is 21.2. The SMILES string of the molecule is CCCN(CCC)C(=O)c1cc(NC(=O)CCCc2ccccc2)c(=O)n(C)c1. The standard InChI is InChI=1S/C23H31N3O3/c1-4-14-26(15-5-2)22(28)19-16-20(23(29)25(3)17-19)24-21(27)13-9-12-18-10-7-6-8-11-18/h6-8,10-11,16-17H,4-5,9,12-15H2,1-3H3,(H,24,27). The molecule has 0 aliphatic heterocycles. The van der Waals surface area contributed by atoms with Crippen LogP contribution >= 0.6 is 0 Å². The van der Waals surface area contributed by atoms with Gasteiger partial charge < -0.3 is 14.8 Å². The highest BCUT2D eigenvalue weighted by molar-refractivity contribution is 5.96. The predicted molar refractivity (Wildman–Crippen MR) is 116 cm³/mol. The van der Waals surface area contributed by atoms with Crippen molar-refractivity contribution in [1.29, 1.82) is 0 Å². The van der Waals surface area contributed by atoms with Crippen molar-refractivity contribution in [2.24, 2.45) is 7.05 Å². The van der Waals surface area contributed by atoms with Gasteiger partial charge in [0.1, 0.15) is 5.69 Å². The van der Waals surface area contributed by atoms with Crippen LogP contribution in [0, 0.1) is 0 Å². The summed E-state index contributed by atoms with van der Waals surface area (Å²) in [7, 11) is 1.59. The van der Waals surface area contributed by atoms with Crippen molar-refractivity contribution in [3.8, 4) is 0 Å². The van der Waals surface area contributed by atoms with E-state index in [1.54, 1.807) is 11.9 Å². The van der Waals surface area contributed by atoms with Crippen LogP contribution in [0.15, 0.2) is 47.4 Å². The number of carbonyl (C=O) groups is 2. The number of rotatable bonds is 10. The maximum absolute atomic E-state index is 12.9. The number of amides is 2. The van der Waals surface area contributed by atoms with Gasteiger partial charge in [0.05, 0.1) is 5.56 Å². The Morgan fingerprint density at radius 3 is 2.34 bits per heavy atom. The molecule has 0 atom stereocenters. The second kappa shape index (κ2) is 11.2. The number of aryl methyl sites for hydroxylation is 2. The molecule has 6 nitrogen and oxygen atoms in total. The molecule has 0 saturated heterocycles. The quantitative estimate of drug-likeness (QED) is 0.666. The molecule has 0 bridgehead atoms. The number of hydrogen-bond donors (Lipinski definition) is 1. The lowest BCUT2D eigenvalue weighted by Gasteiger charge is -2.22. The second-order valence-corrected chi connectivity index (χ2v) is 7.24. The van der Waals surface area contributed by atoms with Gasteiger partial charge in [-0.15, -0.1) is 0 Å². The lowest BCUT2D eigenvalue weighted by molar-refractivity contribution is -0.116. The first kappa shape index (κ1) is 22.4. The van der Waals surface area contributed by atoms with Crippen LogP contribution in [0.1, 0.15) is 55.5 Å². The Morgan fingerprint density at radius 1 is 1.07 bits per heavy atom. The highest BCUT2D eigenvalue weighted by atomic mass is 16.2. The number of benzene rings is 1. The molecule has 1 aromatic heterocycles. The van der Waals surface area contributed by atoms with Crippen LogP contribution in [0.25, 0.3) is 0 Å². The summed E-state index contributed by atoms with van der Waals surface area (Å²) in [4.78, 5) is 39.4. The summed E-state index contributed by atoms with van der Waals surface area (Å²) in [5.41, 5.74) is 1.41. The van der Waals surface area contributed by atoms with Gasteiger partial charge in [0.15, 0.2) is 0 Å². The Hall–Kier alpha value is -2.89. The summed E-state index contributed by atoms with van der Waals surface area (Å²) in [5.74, 6) is -0.342. The third kappa shape index (κ3) is 6.59. The lowest BCUT2D eigenvalue weighted by atomic mass is 10.1. The van der Waals surface area contributed by atoms with Gasteiger partial charge in [-0.1, -0.05) is 44.2 Å². The molecule has 1 aromatic carbocycles. The number of nitrogens with zero attached hydrogens (tertiary/aromatic N) is 2. The molecule has 6 heteroatoms. The molecule has 1 heterocycles. The minimum absolute atomic E-state index is 0.121. The third-order valence-electron chi connectivity index (χ3n) is 4.69. The Morgan fingerprint density at radius 2 is 1.72 bits per heavy atom. The molecule has 2 aromatic rings. The number of carbonyl (C=O) groups excluding carboxylic acids is 2. The van der Waals surface area contributed by atoms with Crippen LogP contribution in [0.5, 0.6) is 0 Å². The zero-order valence-electron chi connectivity index (χ0n) is 17.6. The summed E-state index contributed by atoms with van der Waals surface area (Å²) in [5, 5.41) is 2.69. The second-order valence-electron chi connectivity index (χ2n) is 7.24. The Labute approximate surface area is 172 Å². The first-order valence-corrected chi connectivity index (χ1v) is 10.3. The average molecular weight is 398 g/mol. The van der Waals surface area contributed by atoms with E-state index in [0.29, 0.717) is 31.5 Å². The summed E-state index contributed by atoms with van der Waals surface area (Å²) in [6.45, 7) is 5.38. The molecule has 0 radical (unpaired) electrons. The van der Waals surface area contributed by atoms with E-state index in [1.165, 1.54) is 22.4 Å². The van der Waals surface area contributed by atoms with E-state index in [-0.39, 0.29) is 23.1 Å². The average Bonchev–Trinajstić information content (AvgIpc) is 2.71. The minimum Gasteiger partial charge on any atom is -0.339 e. The molecular formula is C23H31N3O3. The maximum Gasteiger partial charge on any atom is 0.274 e. The van der Waals surface area contributed by atoms with Crippen molar-refractivity contribution in [3.05, 3.63) is 64.1 Å². The summed E-state index contributed by atoms with van der Waals surface area (Å²) >= 11 is 0. The largest absolute Gasteiger partial charge is 0.339 e. The van der Waals surface area contributed by atoms with E-state index in [2.05, 4.69) is 5.32 Å². The van der Waals surface area contributed by atoms with Crippen LogP contribution in [0.3, 0.4) is 0 Å². The summed E-state index contributed by atoms with van der Waals surface area (Å²) in [6.07, 6.45) is 5.07. The number of pyridine rings is 1. The molecule has 156 valence electrons. The summed E-state index contributed by atoms with van der Waals surface area (Å²) < 4.78 is 1.35. The molecule has 0 aliphatic rings. The van der Waals surface area contributed by atoms with Gasteiger partial charge in [0.2, 0.25) is 5.91 Å². The Bertz CT molecular complexity index is 869. The van der Waals surface area contributed by atoms with Gasteiger partial charge >= 0.3 is 0 Å².